The first-order chi connectivity index (χ1) is 7.22. The summed E-state index contributed by atoms with van der Waals surface area (Å²) in [7, 11) is 0. The summed E-state index contributed by atoms with van der Waals surface area (Å²) in [6, 6.07) is 0. The van der Waals surface area contributed by atoms with Gasteiger partial charge in [0.05, 0.1) is 6.61 Å². The Hall–Kier alpha value is -0.850. The predicted octanol–water partition coefficient (Wildman–Crippen LogP) is -1.14. The van der Waals surface area contributed by atoms with Crippen molar-refractivity contribution < 1.29 is 15.0 Å². The van der Waals surface area contributed by atoms with Gasteiger partial charge in [-0.3, -0.25) is 9.80 Å². The number of carbonyl (C=O) groups is 1. The largest absolute Gasteiger partial charge is 0.465 e. The van der Waals surface area contributed by atoms with Crippen molar-refractivity contribution in [3.8, 4) is 0 Å². The van der Waals surface area contributed by atoms with Crippen LogP contribution in [-0.4, -0.2) is 78.5 Å². The summed E-state index contributed by atoms with van der Waals surface area (Å²) in [4.78, 5) is 14.6. The lowest BCUT2D eigenvalue weighted by Gasteiger charge is -2.34. The Morgan fingerprint density at radius 3 is 2.13 bits per heavy atom. The van der Waals surface area contributed by atoms with Crippen molar-refractivity contribution in [1.29, 1.82) is 0 Å². The summed E-state index contributed by atoms with van der Waals surface area (Å²) in [5.74, 6) is 0. The topological polar surface area (TPSA) is 76.0 Å². The molecule has 1 aliphatic rings. The second-order valence-electron chi connectivity index (χ2n) is 3.64. The Morgan fingerprint density at radius 1 is 1.13 bits per heavy atom. The zero-order valence-electron chi connectivity index (χ0n) is 8.85. The quantitative estimate of drug-likeness (QED) is 0.543. The molecule has 1 aliphatic heterocycles. The molecule has 1 heterocycles. The van der Waals surface area contributed by atoms with Crippen molar-refractivity contribution in [2.75, 3.05) is 52.4 Å². The van der Waals surface area contributed by atoms with Crippen molar-refractivity contribution in [3.05, 3.63) is 0 Å². The highest BCUT2D eigenvalue weighted by atomic mass is 16.4. The third kappa shape index (κ3) is 4.96. The van der Waals surface area contributed by atoms with Crippen LogP contribution in [0.5, 0.6) is 0 Å². The molecule has 88 valence electrons. The molecule has 0 spiro atoms. The lowest BCUT2D eigenvalue weighted by atomic mass is 10.3. The standard InChI is InChI=1S/C9H19N3O3/c13-8-7-12-5-3-11(4-6-12)2-1-10-9(14)15/h10,13H,1-8H2,(H,14,15). The van der Waals surface area contributed by atoms with Gasteiger partial charge in [0.2, 0.25) is 0 Å². The van der Waals surface area contributed by atoms with Crippen molar-refractivity contribution in [2.45, 2.75) is 0 Å². The molecule has 0 bridgehead atoms. The number of amides is 1. The summed E-state index contributed by atoms with van der Waals surface area (Å²) in [5, 5.41) is 19.5. The zero-order valence-corrected chi connectivity index (χ0v) is 8.85. The van der Waals surface area contributed by atoms with Gasteiger partial charge in [-0.1, -0.05) is 0 Å². The molecule has 1 rings (SSSR count). The molecule has 1 fully saturated rings. The Kier molecular flexibility index (Phi) is 5.38. The van der Waals surface area contributed by atoms with E-state index in [2.05, 4.69) is 15.1 Å². The first-order valence-electron chi connectivity index (χ1n) is 5.24. The average molecular weight is 217 g/mol. The highest BCUT2D eigenvalue weighted by molar-refractivity contribution is 5.64. The summed E-state index contributed by atoms with van der Waals surface area (Å²) in [6.45, 7) is 5.99. The van der Waals surface area contributed by atoms with Gasteiger partial charge in [-0.25, -0.2) is 4.79 Å². The summed E-state index contributed by atoms with van der Waals surface area (Å²) in [6.07, 6.45) is -0.964. The molecular formula is C9H19N3O3. The number of nitrogens with one attached hydrogen (secondary N) is 1. The van der Waals surface area contributed by atoms with E-state index in [9.17, 15) is 4.79 Å². The van der Waals surface area contributed by atoms with Crippen molar-refractivity contribution in [3.63, 3.8) is 0 Å². The molecule has 6 nitrogen and oxygen atoms in total. The predicted molar refractivity (Wildman–Crippen MR) is 56.0 cm³/mol. The molecule has 0 aromatic rings. The molecule has 3 N–H and O–H groups in total. The lowest BCUT2D eigenvalue weighted by Crippen LogP contribution is -2.48. The van der Waals surface area contributed by atoms with E-state index in [4.69, 9.17) is 10.2 Å². The lowest BCUT2D eigenvalue weighted by molar-refractivity contribution is 0.112. The number of aliphatic hydroxyl groups is 1. The molecule has 1 amide bonds. The maximum absolute atomic E-state index is 10.2. The normalized spacial score (nSPS) is 19.0. The smallest absolute Gasteiger partial charge is 0.404 e. The molecule has 0 aromatic carbocycles. The van der Waals surface area contributed by atoms with Gasteiger partial charge in [0.15, 0.2) is 0 Å². The monoisotopic (exact) mass is 217 g/mol. The number of carboxylic acid groups (broad SMARTS) is 1. The van der Waals surface area contributed by atoms with Crippen LogP contribution in [0.3, 0.4) is 0 Å². The third-order valence-electron chi connectivity index (χ3n) is 2.59. The number of aliphatic hydroxyl groups excluding tert-OH is 1. The number of rotatable bonds is 5. The second-order valence-corrected chi connectivity index (χ2v) is 3.64. The summed E-state index contributed by atoms with van der Waals surface area (Å²) in [5.41, 5.74) is 0. The fourth-order valence-electron chi connectivity index (χ4n) is 1.70. The molecule has 1 saturated heterocycles. The molecule has 6 heteroatoms. The molecule has 15 heavy (non-hydrogen) atoms. The van der Waals surface area contributed by atoms with Gasteiger partial charge in [0.25, 0.3) is 0 Å². The second kappa shape index (κ2) is 6.60. The molecule has 0 aromatic heterocycles. The number of β-amino-alcohol motifs (C(OH)–C–C–N with tert-alkyl or cyclic N) is 1. The SMILES string of the molecule is O=C(O)NCCN1CCN(CCO)CC1. The minimum absolute atomic E-state index is 0.209. The van der Waals surface area contributed by atoms with E-state index >= 15 is 0 Å². The van der Waals surface area contributed by atoms with Gasteiger partial charge in [-0.05, 0) is 0 Å². The molecule has 0 aliphatic carbocycles. The summed E-state index contributed by atoms with van der Waals surface area (Å²) >= 11 is 0. The number of hydrogen-bond donors (Lipinski definition) is 3. The first-order valence-corrected chi connectivity index (χ1v) is 5.24. The summed E-state index contributed by atoms with van der Waals surface area (Å²) < 4.78 is 0. The van der Waals surface area contributed by atoms with E-state index in [-0.39, 0.29) is 6.61 Å². The number of nitrogens with zero attached hydrogens (tertiary/aromatic N) is 2. The molecule has 0 unspecified atom stereocenters. The van der Waals surface area contributed by atoms with Crippen LogP contribution in [0.1, 0.15) is 0 Å². The van der Waals surface area contributed by atoms with Gasteiger partial charge in [-0.15, -0.1) is 0 Å². The number of piperazine rings is 1. The fraction of sp³-hybridized carbons (Fsp3) is 0.889. The van der Waals surface area contributed by atoms with Crippen LogP contribution < -0.4 is 5.32 Å². The van der Waals surface area contributed by atoms with E-state index in [0.29, 0.717) is 6.54 Å². The number of hydrogen-bond acceptors (Lipinski definition) is 4. The van der Waals surface area contributed by atoms with Crippen LogP contribution in [0.15, 0.2) is 0 Å². The Labute approximate surface area is 89.5 Å². The molecular weight excluding hydrogens is 198 g/mol. The highest BCUT2D eigenvalue weighted by Gasteiger charge is 2.15. The molecule has 0 atom stereocenters. The molecule has 0 radical (unpaired) electrons. The van der Waals surface area contributed by atoms with Crippen molar-refractivity contribution in [1.82, 2.24) is 15.1 Å². The Bertz CT molecular complexity index is 193. The minimum Gasteiger partial charge on any atom is -0.465 e. The van der Waals surface area contributed by atoms with Gasteiger partial charge in [0, 0.05) is 45.8 Å². The van der Waals surface area contributed by atoms with Crippen molar-refractivity contribution >= 4 is 6.09 Å². The molecule has 0 saturated carbocycles. The van der Waals surface area contributed by atoms with Crippen LogP contribution in [0.25, 0.3) is 0 Å². The van der Waals surface area contributed by atoms with Crippen LogP contribution in [-0.2, 0) is 0 Å². The third-order valence-corrected chi connectivity index (χ3v) is 2.59. The van der Waals surface area contributed by atoms with E-state index < -0.39 is 6.09 Å². The van der Waals surface area contributed by atoms with Gasteiger partial charge in [0.1, 0.15) is 0 Å². The maximum atomic E-state index is 10.2. The van der Waals surface area contributed by atoms with Crippen LogP contribution in [0.2, 0.25) is 0 Å². The van der Waals surface area contributed by atoms with Crippen molar-refractivity contribution in [2.24, 2.45) is 0 Å². The van der Waals surface area contributed by atoms with Crippen LogP contribution >= 0.6 is 0 Å². The van der Waals surface area contributed by atoms with E-state index in [1.165, 1.54) is 0 Å². The van der Waals surface area contributed by atoms with Gasteiger partial charge < -0.3 is 15.5 Å². The zero-order chi connectivity index (χ0) is 11.1. The highest BCUT2D eigenvalue weighted by Crippen LogP contribution is 1.99. The van der Waals surface area contributed by atoms with E-state index in [0.717, 1.165) is 39.3 Å². The van der Waals surface area contributed by atoms with E-state index in [1.54, 1.807) is 0 Å². The maximum Gasteiger partial charge on any atom is 0.404 e. The van der Waals surface area contributed by atoms with Crippen LogP contribution in [0, 0.1) is 0 Å². The Balaban J connectivity index is 2.06. The van der Waals surface area contributed by atoms with Gasteiger partial charge >= 0.3 is 6.09 Å². The van der Waals surface area contributed by atoms with Crippen LogP contribution in [0.4, 0.5) is 4.79 Å². The van der Waals surface area contributed by atoms with E-state index in [1.807, 2.05) is 0 Å². The fourth-order valence-corrected chi connectivity index (χ4v) is 1.70. The minimum atomic E-state index is -0.964. The Morgan fingerprint density at radius 2 is 1.67 bits per heavy atom. The first kappa shape index (κ1) is 12.2. The average Bonchev–Trinajstić information content (AvgIpc) is 2.20. The van der Waals surface area contributed by atoms with Gasteiger partial charge in [-0.2, -0.15) is 0 Å².